The maximum Gasteiger partial charge on any atom is 0.446 e. The van der Waals surface area contributed by atoms with Gasteiger partial charge in [0.2, 0.25) is 0 Å². The van der Waals surface area contributed by atoms with E-state index in [1.165, 1.54) is 31.2 Å². The Morgan fingerprint density at radius 3 is 2.07 bits per heavy atom. The average Bonchev–Trinajstić information content (AvgIpc) is 2.02. The SMILES string of the molecule is CC(=O)c1ccc(OS(=O)(=O)O)cc1.[K]. The summed E-state index contributed by atoms with van der Waals surface area (Å²) in [6.45, 7) is 1.39. The Bertz CT molecular complexity index is 437. The Labute approximate surface area is 130 Å². The third-order valence-corrected chi connectivity index (χ3v) is 1.87. The molecule has 1 N–H and O–H groups in total. The van der Waals surface area contributed by atoms with Gasteiger partial charge in [0, 0.05) is 56.9 Å². The smallest absolute Gasteiger partial charge is 0.362 e. The fraction of sp³-hybridized carbons (Fsp3) is 0.125. The van der Waals surface area contributed by atoms with E-state index in [2.05, 4.69) is 4.18 Å². The molecule has 7 heteroatoms. The summed E-state index contributed by atoms with van der Waals surface area (Å²) in [7, 11) is -4.50. The first-order valence-corrected chi connectivity index (χ1v) is 5.03. The molecule has 0 fully saturated rings. The maximum absolute atomic E-state index is 10.8. The number of benzene rings is 1. The summed E-state index contributed by atoms with van der Waals surface area (Å²) >= 11 is 0. The van der Waals surface area contributed by atoms with Crippen molar-refractivity contribution < 1.29 is 21.9 Å². The third kappa shape index (κ3) is 5.76. The Morgan fingerprint density at radius 2 is 1.73 bits per heavy atom. The standard InChI is InChI=1S/C8H8O5S.K/c1-6(9)7-2-4-8(5-3-7)13-14(10,11)12;/h2-5H,1H3,(H,10,11,12);. The number of Topliss-reactive ketones (excluding diaryl/α,β-unsaturated/α-hetero) is 1. The predicted octanol–water partition coefficient (Wildman–Crippen LogP) is 0.690. The molecule has 0 saturated heterocycles. The van der Waals surface area contributed by atoms with Crippen molar-refractivity contribution in [1.82, 2.24) is 0 Å². The molecule has 5 nitrogen and oxygen atoms in total. The first-order chi connectivity index (χ1) is 6.38. The van der Waals surface area contributed by atoms with Crippen LogP contribution in [0.5, 0.6) is 5.75 Å². The number of hydrogen-bond donors (Lipinski definition) is 1. The number of hydrogen-bond acceptors (Lipinski definition) is 4. The van der Waals surface area contributed by atoms with Crippen LogP contribution in [-0.2, 0) is 10.4 Å². The fourth-order valence-electron chi connectivity index (χ4n) is 0.867. The first-order valence-electron chi connectivity index (χ1n) is 3.66. The second-order valence-electron chi connectivity index (χ2n) is 2.59. The van der Waals surface area contributed by atoms with Gasteiger partial charge >= 0.3 is 10.4 Å². The largest absolute Gasteiger partial charge is 0.446 e. The molecule has 0 bridgehead atoms. The van der Waals surface area contributed by atoms with Gasteiger partial charge in [-0.2, -0.15) is 8.42 Å². The van der Waals surface area contributed by atoms with E-state index in [9.17, 15) is 13.2 Å². The second-order valence-corrected chi connectivity index (χ2v) is 3.61. The molecule has 0 aromatic heterocycles. The normalized spacial score (nSPS) is 10.3. The van der Waals surface area contributed by atoms with E-state index in [4.69, 9.17) is 4.55 Å². The number of rotatable bonds is 3. The van der Waals surface area contributed by atoms with Crippen molar-refractivity contribution in [2.45, 2.75) is 6.92 Å². The molecule has 77 valence electrons. The molecule has 0 aliphatic heterocycles. The van der Waals surface area contributed by atoms with Crippen LogP contribution < -0.4 is 4.18 Å². The molecule has 1 rings (SSSR count). The topological polar surface area (TPSA) is 80.7 Å². The molecule has 15 heavy (non-hydrogen) atoms. The summed E-state index contributed by atoms with van der Waals surface area (Å²) < 4.78 is 33.1. The van der Waals surface area contributed by atoms with Crippen LogP contribution >= 0.6 is 0 Å². The molecule has 1 aromatic rings. The summed E-state index contributed by atoms with van der Waals surface area (Å²) in [6.07, 6.45) is 0. The van der Waals surface area contributed by atoms with Crippen molar-refractivity contribution in [3.05, 3.63) is 29.8 Å². The molecule has 0 unspecified atom stereocenters. The Kier molecular flexibility index (Phi) is 6.19. The van der Waals surface area contributed by atoms with Gasteiger partial charge in [0.15, 0.2) is 5.78 Å². The molecule has 0 heterocycles. The van der Waals surface area contributed by atoms with Crippen LogP contribution in [0.3, 0.4) is 0 Å². The molecule has 0 saturated carbocycles. The summed E-state index contributed by atoms with van der Waals surface area (Å²) in [5.41, 5.74) is 0.438. The number of carbonyl (C=O) groups is 1. The monoisotopic (exact) mass is 255 g/mol. The molecule has 1 aromatic carbocycles. The van der Waals surface area contributed by atoms with Gasteiger partial charge in [0.05, 0.1) is 0 Å². The summed E-state index contributed by atoms with van der Waals surface area (Å²) in [6, 6.07) is 5.38. The molecular weight excluding hydrogens is 247 g/mol. The summed E-state index contributed by atoms with van der Waals surface area (Å²) in [5.74, 6) is -0.180. The number of carbonyl (C=O) groups excluding carboxylic acids is 1. The Balaban J connectivity index is 0.00000196. The molecule has 0 spiro atoms. The van der Waals surface area contributed by atoms with E-state index in [0.717, 1.165) is 0 Å². The van der Waals surface area contributed by atoms with Gasteiger partial charge < -0.3 is 4.18 Å². The minimum absolute atomic E-state index is 0. The molecule has 1 radical (unpaired) electrons. The van der Waals surface area contributed by atoms with Crippen molar-refractivity contribution in [2.75, 3.05) is 0 Å². The van der Waals surface area contributed by atoms with Crippen molar-refractivity contribution >= 4 is 67.6 Å². The van der Waals surface area contributed by atoms with E-state index in [0.29, 0.717) is 5.56 Å². The van der Waals surface area contributed by atoms with E-state index in [-0.39, 0.29) is 62.9 Å². The van der Waals surface area contributed by atoms with Crippen LogP contribution in [0.2, 0.25) is 0 Å². The first kappa shape index (κ1) is 15.2. The summed E-state index contributed by atoms with van der Waals surface area (Å²) in [5, 5.41) is 0. The molecule has 0 aliphatic rings. The van der Waals surface area contributed by atoms with E-state index in [1.54, 1.807) is 0 Å². The van der Waals surface area contributed by atoms with Crippen LogP contribution in [0.15, 0.2) is 24.3 Å². The van der Waals surface area contributed by atoms with Gasteiger partial charge in [-0.05, 0) is 31.2 Å². The van der Waals surface area contributed by atoms with Gasteiger partial charge in [0.25, 0.3) is 0 Å². The van der Waals surface area contributed by atoms with E-state index < -0.39 is 10.4 Å². The van der Waals surface area contributed by atoms with Crippen LogP contribution in [0.25, 0.3) is 0 Å². The molecular formula is C8H8KO5S. The zero-order valence-electron chi connectivity index (χ0n) is 8.30. The Morgan fingerprint density at radius 1 is 1.27 bits per heavy atom. The van der Waals surface area contributed by atoms with Crippen molar-refractivity contribution in [3.63, 3.8) is 0 Å². The zero-order chi connectivity index (χ0) is 10.8. The van der Waals surface area contributed by atoms with Gasteiger partial charge in [-0.3, -0.25) is 9.35 Å². The number of ketones is 1. The van der Waals surface area contributed by atoms with Crippen LogP contribution in [0, 0.1) is 0 Å². The maximum atomic E-state index is 10.8. The van der Waals surface area contributed by atoms with Gasteiger partial charge in [0.1, 0.15) is 5.75 Å². The van der Waals surface area contributed by atoms with Crippen molar-refractivity contribution in [2.24, 2.45) is 0 Å². The molecule has 0 aliphatic carbocycles. The quantitative estimate of drug-likeness (QED) is 0.488. The van der Waals surface area contributed by atoms with Gasteiger partial charge in [-0.15, -0.1) is 0 Å². The Hall–Kier alpha value is 0.236. The van der Waals surface area contributed by atoms with Gasteiger partial charge in [-0.25, -0.2) is 0 Å². The van der Waals surface area contributed by atoms with E-state index in [1.807, 2.05) is 0 Å². The molecule has 0 atom stereocenters. The second kappa shape index (κ2) is 6.09. The minimum Gasteiger partial charge on any atom is -0.362 e. The average molecular weight is 255 g/mol. The van der Waals surface area contributed by atoms with E-state index >= 15 is 0 Å². The fourth-order valence-corrected chi connectivity index (χ4v) is 1.22. The molecule has 0 amide bonds. The minimum atomic E-state index is -4.50. The van der Waals surface area contributed by atoms with Crippen LogP contribution in [-0.4, -0.2) is 70.1 Å². The summed E-state index contributed by atoms with van der Waals surface area (Å²) in [4.78, 5) is 10.8. The van der Waals surface area contributed by atoms with Crippen LogP contribution in [0.4, 0.5) is 0 Å². The zero-order valence-corrected chi connectivity index (χ0v) is 12.2. The predicted molar refractivity (Wildman–Crippen MR) is 54.4 cm³/mol. The van der Waals surface area contributed by atoms with Crippen molar-refractivity contribution in [3.8, 4) is 5.75 Å². The van der Waals surface area contributed by atoms with Crippen molar-refractivity contribution in [1.29, 1.82) is 0 Å². The van der Waals surface area contributed by atoms with Gasteiger partial charge in [-0.1, -0.05) is 0 Å². The third-order valence-electron chi connectivity index (χ3n) is 1.46. The van der Waals surface area contributed by atoms with Crippen LogP contribution in [0.1, 0.15) is 17.3 Å².